The van der Waals surface area contributed by atoms with Crippen molar-refractivity contribution in [2.75, 3.05) is 25.2 Å². The normalized spacial score (nSPS) is 27.6. The Bertz CT molecular complexity index is 560. The molecule has 0 aliphatic carbocycles. The zero-order valence-corrected chi connectivity index (χ0v) is 14.1. The number of ether oxygens (including phenoxy) is 2. The van der Waals surface area contributed by atoms with E-state index in [0.717, 1.165) is 29.2 Å². The summed E-state index contributed by atoms with van der Waals surface area (Å²) >= 11 is 1.93. The number of benzene rings is 1. The molecule has 0 radical (unpaired) electrons. The van der Waals surface area contributed by atoms with Crippen LogP contribution in [0.4, 0.5) is 0 Å². The van der Waals surface area contributed by atoms with Gasteiger partial charge in [-0.15, -0.1) is 0 Å². The lowest BCUT2D eigenvalue weighted by molar-refractivity contribution is -0.141. The molecule has 0 spiro atoms. The zero-order chi connectivity index (χ0) is 16.2. The first-order valence-corrected chi connectivity index (χ1v) is 9.21. The molecule has 1 aromatic rings. The van der Waals surface area contributed by atoms with Gasteiger partial charge in [-0.2, -0.15) is 11.8 Å². The Hall–Kier alpha value is -1.40. The van der Waals surface area contributed by atoms with Gasteiger partial charge in [0.25, 0.3) is 0 Å². The van der Waals surface area contributed by atoms with Crippen LogP contribution in [0.25, 0.3) is 0 Å². The van der Waals surface area contributed by atoms with Gasteiger partial charge in [0, 0.05) is 18.3 Å². The van der Waals surface area contributed by atoms with E-state index in [9.17, 15) is 4.79 Å². The average Bonchev–Trinajstić information content (AvgIpc) is 3.06. The zero-order valence-electron chi connectivity index (χ0n) is 13.3. The standard InChI is InChI=1S/C17H23NO4S/c1-21-15-5-4-11(14-7-12(9-18-14)17(19)20)8-16(15)22-13-3-2-6-23-10-13/h4-5,8,12-14,18H,2-3,6-7,9-10H2,1H3,(H,19,20). The minimum Gasteiger partial charge on any atom is -0.493 e. The fourth-order valence-electron chi connectivity index (χ4n) is 3.16. The molecule has 0 amide bonds. The number of methoxy groups -OCH3 is 1. The molecule has 126 valence electrons. The Balaban J connectivity index is 1.74. The van der Waals surface area contributed by atoms with Gasteiger partial charge in [0.05, 0.1) is 13.0 Å². The summed E-state index contributed by atoms with van der Waals surface area (Å²) in [6.45, 7) is 0.515. The lowest BCUT2D eigenvalue weighted by atomic mass is 10.00. The lowest BCUT2D eigenvalue weighted by Crippen LogP contribution is -2.23. The van der Waals surface area contributed by atoms with Crippen molar-refractivity contribution in [2.24, 2.45) is 5.92 Å². The van der Waals surface area contributed by atoms with Gasteiger partial charge in [-0.3, -0.25) is 4.79 Å². The first-order valence-electron chi connectivity index (χ1n) is 8.06. The highest BCUT2D eigenvalue weighted by Crippen LogP contribution is 2.36. The summed E-state index contributed by atoms with van der Waals surface area (Å²) in [7, 11) is 1.64. The highest BCUT2D eigenvalue weighted by Gasteiger charge is 2.30. The van der Waals surface area contributed by atoms with Crippen molar-refractivity contribution in [1.82, 2.24) is 5.32 Å². The van der Waals surface area contributed by atoms with E-state index in [4.69, 9.17) is 14.6 Å². The lowest BCUT2D eigenvalue weighted by Gasteiger charge is -2.24. The van der Waals surface area contributed by atoms with Crippen LogP contribution in [0, 0.1) is 5.92 Å². The van der Waals surface area contributed by atoms with Crippen LogP contribution in [0.5, 0.6) is 11.5 Å². The first-order chi connectivity index (χ1) is 11.2. The molecule has 1 aromatic carbocycles. The second-order valence-corrected chi connectivity index (χ2v) is 7.25. The third kappa shape index (κ3) is 3.93. The SMILES string of the molecule is COc1ccc(C2CC(C(=O)O)CN2)cc1OC1CCCSC1. The molecule has 2 aliphatic heterocycles. The van der Waals surface area contributed by atoms with E-state index in [2.05, 4.69) is 5.32 Å². The molecule has 2 N–H and O–H groups in total. The summed E-state index contributed by atoms with van der Waals surface area (Å²) in [4.78, 5) is 11.1. The van der Waals surface area contributed by atoms with Gasteiger partial charge in [-0.25, -0.2) is 0 Å². The van der Waals surface area contributed by atoms with E-state index >= 15 is 0 Å². The maximum atomic E-state index is 11.1. The van der Waals surface area contributed by atoms with Crippen molar-refractivity contribution in [3.8, 4) is 11.5 Å². The molecule has 2 saturated heterocycles. The third-order valence-electron chi connectivity index (χ3n) is 4.48. The van der Waals surface area contributed by atoms with Crippen LogP contribution in [0.3, 0.4) is 0 Å². The molecule has 23 heavy (non-hydrogen) atoms. The van der Waals surface area contributed by atoms with Crippen LogP contribution in [-0.2, 0) is 4.79 Å². The molecule has 0 bridgehead atoms. The molecule has 2 aliphatic rings. The van der Waals surface area contributed by atoms with Gasteiger partial charge >= 0.3 is 5.97 Å². The van der Waals surface area contributed by atoms with Gasteiger partial charge in [-0.1, -0.05) is 6.07 Å². The molecular weight excluding hydrogens is 314 g/mol. The molecule has 3 unspecified atom stereocenters. The van der Waals surface area contributed by atoms with Crippen LogP contribution >= 0.6 is 11.8 Å². The fourth-order valence-corrected chi connectivity index (χ4v) is 4.20. The number of aliphatic carboxylic acids is 1. The molecule has 0 aromatic heterocycles. The van der Waals surface area contributed by atoms with E-state index in [-0.39, 0.29) is 18.1 Å². The Labute approximate surface area is 140 Å². The van der Waals surface area contributed by atoms with Crippen molar-refractivity contribution in [2.45, 2.75) is 31.4 Å². The predicted octanol–water partition coefficient (Wildman–Crippen LogP) is 2.70. The van der Waals surface area contributed by atoms with Crippen molar-refractivity contribution < 1.29 is 19.4 Å². The number of rotatable bonds is 5. The maximum Gasteiger partial charge on any atom is 0.307 e. The van der Waals surface area contributed by atoms with Crippen LogP contribution in [-0.4, -0.2) is 42.3 Å². The van der Waals surface area contributed by atoms with Crippen LogP contribution in [0.1, 0.15) is 30.9 Å². The van der Waals surface area contributed by atoms with Crippen molar-refractivity contribution in [1.29, 1.82) is 0 Å². The summed E-state index contributed by atoms with van der Waals surface area (Å²) in [6.07, 6.45) is 3.09. The molecule has 0 saturated carbocycles. The average molecular weight is 337 g/mol. The number of hydrogen-bond donors (Lipinski definition) is 2. The van der Waals surface area contributed by atoms with Crippen LogP contribution in [0.2, 0.25) is 0 Å². The number of carboxylic acid groups (broad SMARTS) is 1. The van der Waals surface area contributed by atoms with Gasteiger partial charge in [0.15, 0.2) is 11.5 Å². The number of carbonyl (C=O) groups is 1. The van der Waals surface area contributed by atoms with Gasteiger partial charge in [-0.05, 0) is 42.7 Å². The Morgan fingerprint density at radius 3 is 2.91 bits per heavy atom. The van der Waals surface area contributed by atoms with Crippen molar-refractivity contribution in [3.63, 3.8) is 0 Å². The monoisotopic (exact) mass is 337 g/mol. The smallest absolute Gasteiger partial charge is 0.307 e. The molecule has 3 rings (SSSR count). The number of carboxylic acids is 1. The quantitative estimate of drug-likeness (QED) is 0.861. The van der Waals surface area contributed by atoms with E-state index in [1.54, 1.807) is 7.11 Å². The first kappa shape index (κ1) is 16.5. The van der Waals surface area contributed by atoms with E-state index in [1.807, 2.05) is 30.0 Å². The Morgan fingerprint density at radius 2 is 2.26 bits per heavy atom. The number of hydrogen-bond acceptors (Lipinski definition) is 5. The summed E-state index contributed by atoms with van der Waals surface area (Å²) in [5, 5.41) is 12.4. The number of thioether (sulfide) groups is 1. The molecule has 3 atom stereocenters. The highest BCUT2D eigenvalue weighted by molar-refractivity contribution is 7.99. The van der Waals surface area contributed by atoms with Crippen molar-refractivity contribution in [3.05, 3.63) is 23.8 Å². The summed E-state index contributed by atoms with van der Waals surface area (Å²) in [6, 6.07) is 5.96. The Morgan fingerprint density at radius 1 is 1.39 bits per heavy atom. The second kappa shape index (κ2) is 7.45. The fraction of sp³-hybridized carbons (Fsp3) is 0.588. The second-order valence-electron chi connectivity index (χ2n) is 6.10. The van der Waals surface area contributed by atoms with Crippen molar-refractivity contribution >= 4 is 17.7 Å². The van der Waals surface area contributed by atoms with Gasteiger partial charge < -0.3 is 19.9 Å². The minimum absolute atomic E-state index is 0.0603. The predicted molar refractivity (Wildman–Crippen MR) is 90.5 cm³/mol. The molecule has 2 heterocycles. The largest absolute Gasteiger partial charge is 0.493 e. The topological polar surface area (TPSA) is 67.8 Å². The summed E-state index contributed by atoms with van der Waals surface area (Å²) < 4.78 is 11.6. The maximum absolute atomic E-state index is 11.1. The Kier molecular flexibility index (Phi) is 5.33. The molecule has 5 nitrogen and oxygen atoms in total. The third-order valence-corrected chi connectivity index (χ3v) is 5.67. The van der Waals surface area contributed by atoms with Gasteiger partial charge in [0.2, 0.25) is 0 Å². The van der Waals surface area contributed by atoms with E-state index < -0.39 is 5.97 Å². The van der Waals surface area contributed by atoms with Crippen LogP contribution < -0.4 is 14.8 Å². The van der Waals surface area contributed by atoms with Gasteiger partial charge in [0.1, 0.15) is 6.10 Å². The highest BCUT2D eigenvalue weighted by atomic mass is 32.2. The summed E-state index contributed by atoms with van der Waals surface area (Å²) in [5.74, 6) is 2.66. The molecule has 6 heteroatoms. The van der Waals surface area contributed by atoms with E-state index in [1.165, 1.54) is 12.2 Å². The number of nitrogens with one attached hydrogen (secondary N) is 1. The van der Waals surface area contributed by atoms with Crippen LogP contribution in [0.15, 0.2) is 18.2 Å². The molecule has 2 fully saturated rings. The summed E-state index contributed by atoms with van der Waals surface area (Å²) in [5.41, 5.74) is 1.06. The minimum atomic E-state index is -0.732. The van der Waals surface area contributed by atoms with E-state index in [0.29, 0.717) is 13.0 Å². The molecular formula is C17H23NO4S.